The normalized spacial score (nSPS) is 12.1. The van der Waals surface area contributed by atoms with Crippen LogP contribution in [0.25, 0.3) is 0 Å². The third-order valence-electron chi connectivity index (χ3n) is 3.78. The van der Waals surface area contributed by atoms with Crippen LogP contribution in [-0.4, -0.2) is 43.5 Å². The van der Waals surface area contributed by atoms with Gasteiger partial charge in [0.05, 0.1) is 19.2 Å². The summed E-state index contributed by atoms with van der Waals surface area (Å²) in [5.41, 5.74) is 1.98. The van der Waals surface area contributed by atoms with E-state index in [0.717, 1.165) is 18.4 Å². The maximum atomic E-state index is 12.2. The van der Waals surface area contributed by atoms with E-state index < -0.39 is 5.97 Å². The quantitative estimate of drug-likeness (QED) is 0.787. The fourth-order valence-corrected chi connectivity index (χ4v) is 2.21. The molecule has 1 unspecified atom stereocenters. The minimum absolute atomic E-state index is 0.0874. The van der Waals surface area contributed by atoms with E-state index in [4.69, 9.17) is 4.74 Å². The molecule has 1 atom stereocenters. The minimum atomic E-state index is -0.413. The van der Waals surface area contributed by atoms with Crippen LogP contribution >= 0.6 is 0 Å². The lowest BCUT2D eigenvalue weighted by atomic mass is 10.1. The molecule has 1 rings (SSSR count). The molecular weight excluding hydrogens is 280 g/mol. The average molecular weight is 306 g/mol. The summed E-state index contributed by atoms with van der Waals surface area (Å²) in [4.78, 5) is 25.8. The molecule has 1 N–H and O–H groups in total. The van der Waals surface area contributed by atoms with Gasteiger partial charge in [0.1, 0.15) is 0 Å². The van der Waals surface area contributed by atoms with E-state index in [1.165, 1.54) is 7.11 Å². The molecule has 1 aromatic carbocycles. The molecule has 22 heavy (non-hydrogen) atoms. The van der Waals surface area contributed by atoms with Crippen molar-refractivity contribution in [2.24, 2.45) is 0 Å². The van der Waals surface area contributed by atoms with Gasteiger partial charge >= 0.3 is 5.97 Å². The van der Waals surface area contributed by atoms with Crippen LogP contribution in [0.15, 0.2) is 18.2 Å². The number of aryl methyl sites for hydroxylation is 1. The van der Waals surface area contributed by atoms with Gasteiger partial charge in [-0.15, -0.1) is 0 Å². The first-order chi connectivity index (χ1) is 10.4. The van der Waals surface area contributed by atoms with Crippen molar-refractivity contribution in [3.63, 3.8) is 0 Å². The van der Waals surface area contributed by atoms with Crippen LogP contribution in [0.1, 0.15) is 42.6 Å². The highest BCUT2D eigenvalue weighted by atomic mass is 16.5. The van der Waals surface area contributed by atoms with Crippen molar-refractivity contribution in [1.82, 2.24) is 4.90 Å². The van der Waals surface area contributed by atoms with Crippen molar-refractivity contribution in [2.75, 3.05) is 26.0 Å². The summed E-state index contributed by atoms with van der Waals surface area (Å²) < 4.78 is 4.70. The maximum absolute atomic E-state index is 12.2. The smallest absolute Gasteiger partial charge is 0.337 e. The number of benzene rings is 1. The van der Waals surface area contributed by atoms with Gasteiger partial charge in [-0.1, -0.05) is 19.4 Å². The predicted octanol–water partition coefficient (Wildman–Crippen LogP) is 2.84. The number of methoxy groups -OCH3 is 1. The van der Waals surface area contributed by atoms with Crippen molar-refractivity contribution in [2.45, 2.75) is 39.7 Å². The van der Waals surface area contributed by atoms with Crippen molar-refractivity contribution in [1.29, 1.82) is 0 Å². The lowest BCUT2D eigenvalue weighted by Gasteiger charge is -2.23. The number of rotatable bonds is 7. The Bertz CT molecular complexity index is 529. The third-order valence-corrected chi connectivity index (χ3v) is 3.78. The molecule has 5 heteroatoms. The molecule has 5 nitrogen and oxygen atoms in total. The Morgan fingerprint density at radius 3 is 2.64 bits per heavy atom. The summed E-state index contributed by atoms with van der Waals surface area (Å²) >= 11 is 0. The molecule has 0 radical (unpaired) electrons. The molecule has 0 aliphatic heterocycles. The molecule has 0 saturated carbocycles. The molecule has 0 saturated heterocycles. The number of carbonyl (C=O) groups is 2. The second kappa shape index (κ2) is 8.54. The number of amides is 1. The van der Waals surface area contributed by atoms with E-state index in [1.54, 1.807) is 18.2 Å². The average Bonchev–Trinajstić information content (AvgIpc) is 2.48. The minimum Gasteiger partial charge on any atom is -0.465 e. The highest BCUT2D eigenvalue weighted by molar-refractivity contribution is 5.96. The van der Waals surface area contributed by atoms with Crippen molar-refractivity contribution >= 4 is 17.6 Å². The van der Waals surface area contributed by atoms with Crippen LogP contribution < -0.4 is 5.32 Å². The molecule has 0 aromatic heterocycles. The number of nitrogens with one attached hydrogen (secondary N) is 1. The lowest BCUT2D eigenvalue weighted by Crippen LogP contribution is -2.36. The first-order valence-corrected chi connectivity index (χ1v) is 7.58. The van der Waals surface area contributed by atoms with E-state index in [-0.39, 0.29) is 5.91 Å². The monoisotopic (exact) mass is 306 g/mol. The molecule has 0 spiro atoms. The van der Waals surface area contributed by atoms with Crippen LogP contribution in [0.3, 0.4) is 0 Å². The van der Waals surface area contributed by atoms with Crippen LogP contribution in [0.5, 0.6) is 0 Å². The van der Waals surface area contributed by atoms with E-state index in [9.17, 15) is 9.59 Å². The third kappa shape index (κ3) is 5.15. The summed E-state index contributed by atoms with van der Waals surface area (Å²) in [5, 5.41) is 2.87. The first-order valence-electron chi connectivity index (χ1n) is 7.58. The van der Waals surface area contributed by atoms with E-state index >= 15 is 0 Å². The van der Waals surface area contributed by atoms with Crippen LogP contribution in [0.2, 0.25) is 0 Å². The van der Waals surface area contributed by atoms with Crippen molar-refractivity contribution in [3.8, 4) is 0 Å². The Hall–Kier alpha value is -1.88. The highest BCUT2D eigenvalue weighted by Crippen LogP contribution is 2.17. The molecule has 0 bridgehead atoms. The van der Waals surface area contributed by atoms with E-state index in [2.05, 4.69) is 19.2 Å². The Balaban J connectivity index is 2.73. The molecule has 0 aliphatic rings. The SMILES string of the molecule is CCCC(C)N(C)CC(=O)Nc1cc(C(=O)OC)ccc1C. The van der Waals surface area contributed by atoms with Gasteiger partial charge in [-0.2, -0.15) is 0 Å². The number of likely N-dealkylation sites (N-methyl/N-ethyl adjacent to an activating group) is 1. The molecule has 0 heterocycles. The first kappa shape index (κ1) is 18.2. The zero-order chi connectivity index (χ0) is 16.7. The second-order valence-corrected chi connectivity index (χ2v) is 5.62. The van der Waals surface area contributed by atoms with Gasteiger partial charge < -0.3 is 10.1 Å². The number of hydrogen-bond donors (Lipinski definition) is 1. The van der Waals surface area contributed by atoms with Gasteiger partial charge in [0, 0.05) is 11.7 Å². The van der Waals surface area contributed by atoms with Gasteiger partial charge in [0.2, 0.25) is 5.91 Å². The van der Waals surface area contributed by atoms with Crippen molar-refractivity contribution < 1.29 is 14.3 Å². The fourth-order valence-electron chi connectivity index (χ4n) is 2.21. The number of nitrogens with zero attached hydrogens (tertiary/aromatic N) is 1. The van der Waals surface area contributed by atoms with Gasteiger partial charge in [-0.05, 0) is 45.0 Å². The standard InChI is InChI=1S/C17H26N2O3/c1-6-7-13(3)19(4)11-16(20)18-15-10-14(17(21)22-5)9-8-12(15)2/h8-10,13H,6-7,11H2,1-5H3,(H,18,20). The predicted molar refractivity (Wildman–Crippen MR) is 88.1 cm³/mol. The summed E-state index contributed by atoms with van der Waals surface area (Å²) in [6.07, 6.45) is 2.15. The van der Waals surface area contributed by atoms with Crippen LogP contribution in [0.4, 0.5) is 5.69 Å². The summed E-state index contributed by atoms with van der Waals surface area (Å²) in [7, 11) is 3.28. The second-order valence-electron chi connectivity index (χ2n) is 5.62. The maximum Gasteiger partial charge on any atom is 0.337 e. The fraction of sp³-hybridized carbons (Fsp3) is 0.529. The lowest BCUT2D eigenvalue weighted by molar-refractivity contribution is -0.117. The van der Waals surface area contributed by atoms with Crippen LogP contribution in [0, 0.1) is 6.92 Å². The topological polar surface area (TPSA) is 58.6 Å². The van der Waals surface area contributed by atoms with E-state index in [0.29, 0.717) is 23.8 Å². The zero-order valence-corrected chi connectivity index (χ0v) is 14.1. The largest absolute Gasteiger partial charge is 0.465 e. The Labute approximate surface area is 132 Å². The van der Waals surface area contributed by atoms with Crippen LogP contribution in [-0.2, 0) is 9.53 Å². The molecule has 0 aliphatic carbocycles. The molecule has 0 fully saturated rings. The highest BCUT2D eigenvalue weighted by Gasteiger charge is 2.14. The molecule has 1 aromatic rings. The Kier molecular flexibility index (Phi) is 7.05. The summed E-state index contributed by atoms with van der Waals surface area (Å²) in [5.74, 6) is -0.500. The number of anilines is 1. The van der Waals surface area contributed by atoms with Gasteiger partial charge in [0.15, 0.2) is 0 Å². The van der Waals surface area contributed by atoms with Crippen molar-refractivity contribution in [3.05, 3.63) is 29.3 Å². The zero-order valence-electron chi connectivity index (χ0n) is 14.1. The summed E-state index contributed by atoms with van der Waals surface area (Å²) in [6.45, 7) is 6.45. The molecule has 1 amide bonds. The van der Waals surface area contributed by atoms with Gasteiger partial charge in [-0.3, -0.25) is 9.69 Å². The van der Waals surface area contributed by atoms with Gasteiger partial charge in [-0.25, -0.2) is 4.79 Å². The Morgan fingerprint density at radius 2 is 2.05 bits per heavy atom. The van der Waals surface area contributed by atoms with E-state index in [1.807, 2.05) is 18.9 Å². The molecule has 122 valence electrons. The number of hydrogen-bond acceptors (Lipinski definition) is 4. The molecular formula is C17H26N2O3. The van der Waals surface area contributed by atoms with Gasteiger partial charge in [0.25, 0.3) is 0 Å². The Morgan fingerprint density at radius 1 is 1.36 bits per heavy atom. The number of esters is 1. The number of carbonyl (C=O) groups excluding carboxylic acids is 2. The number of ether oxygens (including phenoxy) is 1. The summed E-state index contributed by atoms with van der Waals surface area (Å²) in [6, 6.07) is 5.49.